The monoisotopic (exact) mass is 269 g/mol. The summed E-state index contributed by atoms with van der Waals surface area (Å²) in [6, 6.07) is 6.81. The molecule has 2 aromatic rings. The van der Waals surface area contributed by atoms with Gasteiger partial charge in [-0.2, -0.15) is 5.10 Å². The Morgan fingerprint density at radius 2 is 2.24 bits per heavy atom. The molecule has 4 nitrogen and oxygen atoms in total. The third-order valence-electron chi connectivity index (χ3n) is 2.27. The van der Waals surface area contributed by atoms with Crippen LogP contribution >= 0.6 is 11.6 Å². The Labute approximate surface area is 107 Å². The van der Waals surface area contributed by atoms with Crippen molar-refractivity contribution >= 4 is 28.1 Å². The van der Waals surface area contributed by atoms with Crippen LogP contribution in [0.4, 0.5) is 5.69 Å². The summed E-state index contributed by atoms with van der Waals surface area (Å²) >= 11 is 5.86. The molecule has 0 fully saturated rings. The highest BCUT2D eigenvalue weighted by Gasteiger charge is 2.11. The summed E-state index contributed by atoms with van der Waals surface area (Å²) in [6.45, 7) is 0. The molecule has 1 aromatic carbocycles. The predicted molar refractivity (Wildman–Crippen MR) is 69.2 cm³/mol. The maximum atomic E-state index is 12.1. The Hall–Kier alpha value is -1.33. The fraction of sp³-hybridized carbons (Fsp3) is 0.182. The minimum absolute atomic E-state index is 0.339. The summed E-state index contributed by atoms with van der Waals surface area (Å²) in [4.78, 5) is 0.558. The van der Waals surface area contributed by atoms with Gasteiger partial charge < -0.3 is 5.73 Å². The Kier molecular flexibility index (Phi) is 3.49. The molecule has 0 bridgehead atoms. The fourth-order valence-electron chi connectivity index (χ4n) is 1.46. The van der Waals surface area contributed by atoms with Gasteiger partial charge in [0, 0.05) is 24.0 Å². The van der Waals surface area contributed by atoms with E-state index in [2.05, 4.69) is 5.10 Å². The molecule has 0 saturated carbocycles. The van der Waals surface area contributed by atoms with Gasteiger partial charge in [-0.15, -0.1) is 0 Å². The molecule has 1 aromatic heterocycles. The Balaban J connectivity index is 2.22. The molecule has 0 aliphatic heterocycles. The summed E-state index contributed by atoms with van der Waals surface area (Å²) in [5.41, 5.74) is 7.03. The van der Waals surface area contributed by atoms with Crippen LogP contribution in [-0.2, 0) is 23.6 Å². The van der Waals surface area contributed by atoms with Crippen LogP contribution in [-0.4, -0.2) is 14.0 Å². The zero-order valence-electron chi connectivity index (χ0n) is 9.26. The Bertz CT molecular complexity index is 568. The van der Waals surface area contributed by atoms with Gasteiger partial charge in [0.15, 0.2) is 0 Å². The van der Waals surface area contributed by atoms with E-state index < -0.39 is 10.8 Å². The summed E-state index contributed by atoms with van der Waals surface area (Å²) in [5, 5.41) is 4.71. The van der Waals surface area contributed by atoms with Gasteiger partial charge in [-0.25, -0.2) is 0 Å². The van der Waals surface area contributed by atoms with Crippen molar-refractivity contribution in [2.24, 2.45) is 7.05 Å². The van der Waals surface area contributed by atoms with E-state index in [0.29, 0.717) is 21.4 Å². The first-order chi connectivity index (χ1) is 8.06. The van der Waals surface area contributed by atoms with Crippen LogP contribution in [0.2, 0.25) is 5.02 Å². The van der Waals surface area contributed by atoms with Gasteiger partial charge in [0.2, 0.25) is 0 Å². The van der Waals surface area contributed by atoms with E-state index in [9.17, 15) is 4.21 Å². The lowest BCUT2D eigenvalue weighted by atomic mass is 10.3. The highest BCUT2D eigenvalue weighted by molar-refractivity contribution is 7.84. The number of anilines is 1. The van der Waals surface area contributed by atoms with Gasteiger partial charge in [0.25, 0.3) is 0 Å². The Morgan fingerprint density at radius 3 is 2.88 bits per heavy atom. The molecule has 0 radical (unpaired) electrons. The molecule has 1 atom stereocenters. The van der Waals surface area contributed by atoms with Crippen LogP contribution in [0, 0.1) is 0 Å². The zero-order chi connectivity index (χ0) is 12.4. The molecule has 0 saturated heterocycles. The van der Waals surface area contributed by atoms with E-state index in [1.165, 1.54) is 0 Å². The quantitative estimate of drug-likeness (QED) is 0.867. The van der Waals surface area contributed by atoms with Crippen molar-refractivity contribution in [3.05, 3.63) is 41.2 Å². The lowest BCUT2D eigenvalue weighted by Gasteiger charge is -2.04. The lowest BCUT2D eigenvalue weighted by Crippen LogP contribution is -2.02. The van der Waals surface area contributed by atoms with Crippen LogP contribution in [0.15, 0.2) is 35.4 Å². The van der Waals surface area contributed by atoms with E-state index in [4.69, 9.17) is 17.3 Å². The second-order valence-corrected chi connectivity index (χ2v) is 5.51. The number of nitrogens with zero attached hydrogens (tertiary/aromatic N) is 2. The van der Waals surface area contributed by atoms with E-state index in [1.54, 1.807) is 22.9 Å². The lowest BCUT2D eigenvalue weighted by molar-refractivity contribution is 0.681. The third-order valence-corrected chi connectivity index (χ3v) is 3.91. The highest BCUT2D eigenvalue weighted by Crippen LogP contribution is 2.22. The average molecular weight is 270 g/mol. The smallest absolute Gasteiger partial charge is 0.0753 e. The minimum Gasteiger partial charge on any atom is -0.398 e. The van der Waals surface area contributed by atoms with E-state index in [-0.39, 0.29) is 0 Å². The summed E-state index contributed by atoms with van der Waals surface area (Å²) in [7, 11) is 0.591. The largest absolute Gasteiger partial charge is 0.398 e. The predicted octanol–water partition coefficient (Wildman–Crippen LogP) is 1.96. The standard InChI is InChI=1S/C11H12ClN3OS/c1-15-5-4-9(14-15)7-17(16)11-6-8(12)2-3-10(11)13/h2-6H,7,13H2,1H3. The molecule has 0 aliphatic carbocycles. The van der Waals surface area contributed by atoms with Crippen molar-refractivity contribution in [2.45, 2.75) is 10.6 Å². The van der Waals surface area contributed by atoms with E-state index in [1.807, 2.05) is 19.3 Å². The van der Waals surface area contributed by atoms with E-state index in [0.717, 1.165) is 5.69 Å². The van der Waals surface area contributed by atoms with Crippen LogP contribution in [0.25, 0.3) is 0 Å². The molecule has 0 amide bonds. The molecular weight excluding hydrogens is 258 g/mol. The summed E-state index contributed by atoms with van der Waals surface area (Å²) in [5.74, 6) is 0.339. The van der Waals surface area contributed by atoms with Crippen LogP contribution in [0.5, 0.6) is 0 Å². The van der Waals surface area contributed by atoms with Crippen molar-refractivity contribution in [1.82, 2.24) is 9.78 Å². The molecule has 2 rings (SSSR count). The van der Waals surface area contributed by atoms with Crippen LogP contribution in [0.1, 0.15) is 5.69 Å². The van der Waals surface area contributed by atoms with Gasteiger partial charge in [-0.3, -0.25) is 8.89 Å². The molecule has 1 unspecified atom stereocenters. The number of rotatable bonds is 3. The number of halogens is 1. The van der Waals surface area contributed by atoms with Gasteiger partial charge in [-0.05, 0) is 24.3 Å². The first-order valence-corrected chi connectivity index (χ1v) is 6.68. The Morgan fingerprint density at radius 1 is 1.47 bits per heavy atom. The number of nitrogens with two attached hydrogens (primary N) is 1. The maximum absolute atomic E-state index is 12.1. The second-order valence-electron chi connectivity index (χ2n) is 3.65. The van der Waals surface area contributed by atoms with E-state index >= 15 is 0 Å². The first-order valence-electron chi connectivity index (χ1n) is 4.98. The van der Waals surface area contributed by atoms with Crippen LogP contribution < -0.4 is 5.73 Å². The molecule has 17 heavy (non-hydrogen) atoms. The van der Waals surface area contributed by atoms with Crippen LogP contribution in [0.3, 0.4) is 0 Å². The topological polar surface area (TPSA) is 60.9 Å². The summed E-state index contributed by atoms with van der Waals surface area (Å²) < 4.78 is 13.8. The van der Waals surface area contributed by atoms with Gasteiger partial charge in [-0.1, -0.05) is 11.6 Å². The molecular formula is C11H12ClN3OS. The van der Waals surface area contributed by atoms with Gasteiger partial charge >= 0.3 is 0 Å². The van der Waals surface area contributed by atoms with Gasteiger partial charge in [0.1, 0.15) is 0 Å². The molecule has 1 heterocycles. The minimum atomic E-state index is -1.23. The normalized spacial score (nSPS) is 12.6. The van der Waals surface area contributed by atoms with Gasteiger partial charge in [0.05, 0.1) is 27.1 Å². The molecule has 2 N–H and O–H groups in total. The highest BCUT2D eigenvalue weighted by atomic mass is 35.5. The number of aromatic nitrogens is 2. The molecule has 90 valence electrons. The fourth-order valence-corrected chi connectivity index (χ4v) is 2.86. The van der Waals surface area contributed by atoms with Crippen molar-refractivity contribution in [3.63, 3.8) is 0 Å². The zero-order valence-corrected chi connectivity index (χ0v) is 10.8. The molecule has 6 heteroatoms. The van der Waals surface area contributed by atoms with Crippen molar-refractivity contribution in [3.8, 4) is 0 Å². The maximum Gasteiger partial charge on any atom is 0.0753 e. The first kappa shape index (κ1) is 12.1. The number of aryl methyl sites for hydroxylation is 1. The average Bonchev–Trinajstić information content (AvgIpc) is 2.67. The summed E-state index contributed by atoms with van der Waals surface area (Å²) in [6.07, 6.45) is 1.81. The van der Waals surface area contributed by atoms with Crippen molar-refractivity contribution < 1.29 is 4.21 Å². The third kappa shape index (κ3) is 2.87. The molecule has 0 spiro atoms. The number of nitrogen functional groups attached to an aromatic ring is 1. The second kappa shape index (κ2) is 4.89. The number of benzene rings is 1. The SMILES string of the molecule is Cn1ccc(CS(=O)c2cc(Cl)ccc2N)n1. The number of hydrogen-bond donors (Lipinski definition) is 1. The molecule has 0 aliphatic rings. The van der Waals surface area contributed by atoms with Crippen molar-refractivity contribution in [1.29, 1.82) is 0 Å². The van der Waals surface area contributed by atoms with Crippen molar-refractivity contribution in [2.75, 3.05) is 5.73 Å². The number of hydrogen-bond acceptors (Lipinski definition) is 3.